The van der Waals surface area contributed by atoms with Gasteiger partial charge in [-0.2, -0.15) is 0 Å². The molecule has 3 atom stereocenters. The van der Waals surface area contributed by atoms with Crippen LogP contribution in [0.1, 0.15) is 36.7 Å². The van der Waals surface area contributed by atoms with Crippen molar-refractivity contribution in [1.29, 1.82) is 0 Å². The Bertz CT molecular complexity index is 1310. The van der Waals surface area contributed by atoms with E-state index in [1.54, 1.807) is 19.0 Å². The molecule has 3 aromatic rings. The summed E-state index contributed by atoms with van der Waals surface area (Å²) in [6.07, 6.45) is 0.697. The number of fused-ring (bicyclic) bond motifs is 3. The number of nitrogens with zero attached hydrogens (tertiary/aromatic N) is 3. The van der Waals surface area contributed by atoms with Crippen molar-refractivity contribution in [3.63, 3.8) is 0 Å². The van der Waals surface area contributed by atoms with Crippen molar-refractivity contribution < 1.29 is 22.7 Å². The van der Waals surface area contributed by atoms with Gasteiger partial charge in [-0.05, 0) is 25.0 Å². The number of para-hydroxylation sites is 1. The fraction of sp³-hybridized carbons (Fsp3) is 0.500. The number of alkyl halides is 1. The summed E-state index contributed by atoms with van der Waals surface area (Å²) in [5.74, 6) is -1.57. The average Bonchev–Trinajstić information content (AvgIpc) is 3.24. The lowest BCUT2D eigenvalue weighted by molar-refractivity contribution is -0.133. The Morgan fingerprint density at radius 2 is 1.87 bits per heavy atom. The molecule has 0 spiro atoms. The van der Waals surface area contributed by atoms with Gasteiger partial charge in [0, 0.05) is 92.4 Å². The summed E-state index contributed by atoms with van der Waals surface area (Å²) in [6.45, 7) is 6.12. The number of aromatic amines is 1. The fourth-order valence-corrected chi connectivity index (χ4v) is 6.09. The number of ether oxygens (including phenoxy) is 1. The molecule has 3 heterocycles. The zero-order chi connectivity index (χ0) is 27.8. The van der Waals surface area contributed by atoms with Crippen molar-refractivity contribution in [2.24, 2.45) is 11.8 Å². The number of nitrogens with one attached hydrogen (secondary N) is 1. The van der Waals surface area contributed by atoms with E-state index in [1.165, 1.54) is 12.1 Å². The molecule has 2 aromatic carbocycles. The monoisotopic (exact) mass is 542 g/mol. The van der Waals surface area contributed by atoms with Gasteiger partial charge in [0.25, 0.3) is 0 Å². The number of hydrogen-bond acceptors (Lipinski definition) is 4. The Hall–Kier alpha value is -3.04. The Kier molecular flexibility index (Phi) is 7.91. The highest BCUT2D eigenvalue weighted by Gasteiger charge is 2.40. The molecule has 2 aliphatic heterocycles. The van der Waals surface area contributed by atoms with Gasteiger partial charge in [-0.25, -0.2) is 8.78 Å². The first-order valence-electron chi connectivity index (χ1n) is 13.6. The Labute approximate surface area is 227 Å². The van der Waals surface area contributed by atoms with Crippen LogP contribution < -0.4 is 4.74 Å². The van der Waals surface area contributed by atoms with Gasteiger partial charge in [-0.15, -0.1) is 0 Å². The number of carbonyl (C=O) groups excluding carboxylic acids is 1. The Balaban J connectivity index is 1.47. The third-order valence-electron chi connectivity index (χ3n) is 8.12. The molecule has 39 heavy (non-hydrogen) atoms. The quantitative estimate of drug-likeness (QED) is 0.423. The number of rotatable bonds is 9. The van der Waals surface area contributed by atoms with Crippen molar-refractivity contribution in [3.8, 4) is 5.75 Å². The molecule has 9 heteroatoms. The number of likely N-dealkylation sites (tertiary alicyclic amines) is 1. The normalized spacial score (nSPS) is 21.0. The maximum atomic E-state index is 15.8. The van der Waals surface area contributed by atoms with E-state index in [2.05, 4.69) is 9.88 Å². The first-order valence-corrected chi connectivity index (χ1v) is 13.6. The van der Waals surface area contributed by atoms with E-state index in [9.17, 15) is 9.18 Å². The van der Waals surface area contributed by atoms with E-state index >= 15 is 8.78 Å². The third kappa shape index (κ3) is 5.39. The van der Waals surface area contributed by atoms with E-state index in [-0.39, 0.29) is 48.4 Å². The standard InChI is InChI=1S/C30H37F3N4O2/c1-18(30(38)35(3)4)15-37-19(2)11-23-22-7-5-6-8-26(22)34-28(23)29(37)27-24(32)12-21(13-25(27)33)39-10-9-36-16-20(14-31)17-36/h5-8,12-13,18-20,29,34H,9-11,14-17H2,1-4H3/t18?,19-,29-/m1/s1. The number of amides is 1. The minimum absolute atomic E-state index is 0.0341. The molecule has 2 aliphatic rings. The van der Waals surface area contributed by atoms with Crippen LogP contribution >= 0.6 is 0 Å². The molecule has 0 bridgehead atoms. The lowest BCUT2D eigenvalue weighted by atomic mass is 9.87. The minimum atomic E-state index is -0.735. The van der Waals surface area contributed by atoms with Crippen LogP contribution in [0.2, 0.25) is 0 Å². The van der Waals surface area contributed by atoms with E-state index in [0.29, 0.717) is 32.6 Å². The zero-order valence-electron chi connectivity index (χ0n) is 23.0. The molecule has 0 radical (unpaired) electrons. The van der Waals surface area contributed by atoms with Gasteiger partial charge >= 0.3 is 0 Å². The van der Waals surface area contributed by atoms with Crippen LogP contribution in [0.25, 0.3) is 10.9 Å². The topological polar surface area (TPSA) is 51.8 Å². The summed E-state index contributed by atoms with van der Waals surface area (Å²) in [5, 5.41) is 1.04. The lowest BCUT2D eigenvalue weighted by Gasteiger charge is -2.42. The van der Waals surface area contributed by atoms with Crippen molar-refractivity contribution in [2.45, 2.75) is 32.4 Å². The second kappa shape index (κ2) is 11.2. The predicted molar refractivity (Wildman–Crippen MR) is 146 cm³/mol. The van der Waals surface area contributed by atoms with Crippen LogP contribution in [0.3, 0.4) is 0 Å². The van der Waals surface area contributed by atoms with Crippen LogP contribution in [-0.2, 0) is 11.2 Å². The molecular weight excluding hydrogens is 505 g/mol. The molecule has 0 aliphatic carbocycles. The number of carbonyl (C=O) groups is 1. The van der Waals surface area contributed by atoms with Gasteiger partial charge in [0.2, 0.25) is 5.91 Å². The van der Waals surface area contributed by atoms with Crippen LogP contribution in [0.15, 0.2) is 36.4 Å². The number of aromatic nitrogens is 1. The fourth-order valence-electron chi connectivity index (χ4n) is 6.09. The van der Waals surface area contributed by atoms with Gasteiger partial charge in [0.15, 0.2) is 0 Å². The van der Waals surface area contributed by atoms with Gasteiger partial charge in [-0.1, -0.05) is 25.1 Å². The summed E-state index contributed by atoms with van der Waals surface area (Å²) in [5.41, 5.74) is 2.66. The largest absolute Gasteiger partial charge is 0.492 e. The van der Waals surface area contributed by atoms with Gasteiger partial charge in [0.1, 0.15) is 24.0 Å². The van der Waals surface area contributed by atoms with Crippen molar-refractivity contribution in [1.82, 2.24) is 19.7 Å². The average molecular weight is 543 g/mol. The minimum Gasteiger partial charge on any atom is -0.492 e. The molecule has 1 N–H and O–H groups in total. The summed E-state index contributed by atoms with van der Waals surface area (Å²) in [6, 6.07) is 9.59. The second-order valence-corrected chi connectivity index (χ2v) is 11.3. The molecule has 1 aromatic heterocycles. The van der Waals surface area contributed by atoms with Crippen LogP contribution in [-0.4, -0.2) is 85.2 Å². The van der Waals surface area contributed by atoms with Crippen LogP contribution in [0, 0.1) is 23.5 Å². The predicted octanol–water partition coefficient (Wildman–Crippen LogP) is 4.79. The maximum absolute atomic E-state index is 15.8. The number of H-pyrrole nitrogens is 1. The summed E-state index contributed by atoms with van der Waals surface area (Å²) < 4.78 is 50.0. The first kappa shape index (κ1) is 27.5. The third-order valence-corrected chi connectivity index (χ3v) is 8.12. The molecule has 1 amide bonds. The molecule has 1 saturated heterocycles. The molecular formula is C30H37F3N4O2. The van der Waals surface area contributed by atoms with E-state index in [4.69, 9.17) is 4.74 Å². The molecule has 0 saturated carbocycles. The smallest absolute Gasteiger partial charge is 0.226 e. The summed E-state index contributed by atoms with van der Waals surface area (Å²) >= 11 is 0. The van der Waals surface area contributed by atoms with Crippen molar-refractivity contribution in [2.75, 3.05) is 53.6 Å². The number of benzene rings is 2. The van der Waals surface area contributed by atoms with Crippen molar-refractivity contribution in [3.05, 3.63) is 64.9 Å². The molecule has 6 nitrogen and oxygen atoms in total. The Morgan fingerprint density at radius 3 is 2.54 bits per heavy atom. The number of halogens is 3. The number of hydrogen-bond donors (Lipinski definition) is 1. The van der Waals surface area contributed by atoms with Gasteiger partial charge in [-0.3, -0.25) is 19.0 Å². The molecule has 1 fully saturated rings. The molecule has 210 valence electrons. The maximum Gasteiger partial charge on any atom is 0.226 e. The first-order chi connectivity index (χ1) is 18.7. The van der Waals surface area contributed by atoms with Crippen molar-refractivity contribution >= 4 is 16.8 Å². The highest BCUT2D eigenvalue weighted by molar-refractivity contribution is 5.85. The molecule has 5 rings (SSSR count). The zero-order valence-corrected chi connectivity index (χ0v) is 23.0. The highest BCUT2D eigenvalue weighted by atomic mass is 19.1. The van der Waals surface area contributed by atoms with Crippen LogP contribution in [0.4, 0.5) is 13.2 Å². The molecule has 1 unspecified atom stereocenters. The van der Waals surface area contributed by atoms with E-state index < -0.39 is 17.7 Å². The van der Waals surface area contributed by atoms with E-state index in [1.807, 2.05) is 43.0 Å². The second-order valence-electron chi connectivity index (χ2n) is 11.3. The van der Waals surface area contributed by atoms with Gasteiger partial charge < -0.3 is 14.6 Å². The summed E-state index contributed by atoms with van der Waals surface area (Å²) in [7, 11) is 3.43. The Morgan fingerprint density at radius 1 is 1.18 bits per heavy atom. The van der Waals surface area contributed by atoms with E-state index in [0.717, 1.165) is 22.2 Å². The SMILES string of the molecule is CC(CN1[C@H](c2c(F)cc(OCCN3CC(CF)C3)cc2F)c2[nH]c3ccccc3c2C[C@H]1C)C(=O)N(C)C. The highest BCUT2D eigenvalue weighted by Crippen LogP contribution is 2.43. The van der Waals surface area contributed by atoms with Gasteiger partial charge in [0.05, 0.1) is 12.7 Å². The van der Waals surface area contributed by atoms with Crippen LogP contribution in [0.5, 0.6) is 5.75 Å². The lowest BCUT2D eigenvalue weighted by Crippen LogP contribution is -2.49. The summed E-state index contributed by atoms with van der Waals surface area (Å²) in [4.78, 5) is 21.8.